The average Bonchev–Trinajstić information content (AvgIpc) is 3.15. The van der Waals surface area contributed by atoms with Crippen molar-refractivity contribution in [3.63, 3.8) is 0 Å². The number of nitrogens with zero attached hydrogens (tertiary/aromatic N) is 1. The first-order valence-electron chi connectivity index (χ1n) is 17.2. The minimum Gasteiger partial charge on any atom is -0.459 e. The number of urea groups is 1. The Morgan fingerprint density at radius 1 is 0.588 bits per heavy atom. The number of esters is 1. The van der Waals surface area contributed by atoms with Crippen molar-refractivity contribution >= 4 is 28.9 Å². The Labute approximate surface area is 299 Å². The maximum Gasteiger partial charge on any atom is 0.409 e. The first-order valence-corrected chi connectivity index (χ1v) is 17.2. The third-order valence-corrected chi connectivity index (χ3v) is 8.10. The zero-order chi connectivity index (χ0) is 35.8. The highest BCUT2D eigenvalue weighted by molar-refractivity contribution is 5.85. The van der Waals surface area contributed by atoms with Gasteiger partial charge in [-0.3, -0.25) is 5.32 Å². The van der Waals surface area contributed by atoms with Crippen molar-refractivity contribution in [3.8, 4) is 0 Å². The third kappa shape index (κ3) is 12.0. The van der Waals surface area contributed by atoms with Gasteiger partial charge in [0.1, 0.15) is 19.3 Å². The van der Waals surface area contributed by atoms with Crippen molar-refractivity contribution < 1.29 is 28.6 Å². The maximum absolute atomic E-state index is 14.1. The van der Waals surface area contributed by atoms with Gasteiger partial charge in [0.15, 0.2) is 6.23 Å². The molecule has 0 saturated carbocycles. The largest absolute Gasteiger partial charge is 0.459 e. The molecule has 1 unspecified atom stereocenters. The number of fused-ring (bicyclic) bond motifs is 1. The van der Waals surface area contributed by atoms with Crippen LogP contribution in [0.2, 0.25) is 0 Å². The summed E-state index contributed by atoms with van der Waals surface area (Å²) in [7, 11) is 0. The molecule has 0 aliphatic rings. The van der Waals surface area contributed by atoms with Crippen LogP contribution in [-0.4, -0.2) is 48.4 Å². The van der Waals surface area contributed by atoms with Crippen LogP contribution in [-0.2, 0) is 45.2 Å². The summed E-state index contributed by atoms with van der Waals surface area (Å²) in [6, 6.07) is 40.8. The van der Waals surface area contributed by atoms with E-state index in [1.807, 2.05) is 147 Å². The Bertz CT molecular complexity index is 1840. The van der Waals surface area contributed by atoms with Gasteiger partial charge < -0.3 is 24.4 Å². The van der Waals surface area contributed by atoms with Crippen LogP contribution in [0.25, 0.3) is 10.8 Å². The standard InChI is InChI=1S/C42H45N3O6/c1-31(2)26-45(27-39(49-28-32-14-6-3-7-15-32)44-42(48)51-30-34-18-10-5-11-19-34)41(47)43-38(40(46)50-29-33-16-8-4-9-17-33)25-35-22-23-36-20-12-13-21-37(36)24-35/h3-24,31,38-39H,25-30H2,1-2H3,(H,43,47)(H,44,48)/t38-,39?/m0/s1. The predicted molar refractivity (Wildman–Crippen MR) is 197 cm³/mol. The monoisotopic (exact) mass is 687 g/mol. The number of hydrogen-bond donors (Lipinski definition) is 2. The second-order valence-corrected chi connectivity index (χ2v) is 12.8. The molecule has 5 aromatic carbocycles. The van der Waals surface area contributed by atoms with Crippen LogP contribution in [0.15, 0.2) is 133 Å². The number of alkyl carbamates (subject to hydrolysis) is 1. The highest BCUT2D eigenvalue weighted by Gasteiger charge is 2.28. The Kier molecular flexibility index (Phi) is 13.6. The molecule has 2 N–H and O–H groups in total. The summed E-state index contributed by atoms with van der Waals surface area (Å²) < 4.78 is 17.4. The van der Waals surface area contributed by atoms with Crippen LogP contribution in [0.5, 0.6) is 0 Å². The lowest BCUT2D eigenvalue weighted by Gasteiger charge is -2.31. The molecule has 0 heterocycles. The normalized spacial score (nSPS) is 12.1. The van der Waals surface area contributed by atoms with Crippen molar-refractivity contribution in [3.05, 3.63) is 156 Å². The van der Waals surface area contributed by atoms with Gasteiger partial charge >= 0.3 is 18.1 Å². The Morgan fingerprint density at radius 2 is 1.14 bits per heavy atom. The molecule has 5 rings (SSSR count). The number of nitrogens with one attached hydrogen (secondary N) is 2. The van der Waals surface area contributed by atoms with Gasteiger partial charge in [-0.25, -0.2) is 14.4 Å². The van der Waals surface area contributed by atoms with Gasteiger partial charge in [0.05, 0.1) is 13.2 Å². The van der Waals surface area contributed by atoms with Gasteiger partial charge in [-0.2, -0.15) is 0 Å². The molecular weight excluding hydrogens is 642 g/mol. The van der Waals surface area contributed by atoms with Gasteiger partial charge in [-0.15, -0.1) is 0 Å². The van der Waals surface area contributed by atoms with Crippen molar-refractivity contribution in [2.75, 3.05) is 13.1 Å². The molecule has 3 amide bonds. The molecule has 0 aromatic heterocycles. The number of rotatable bonds is 16. The number of carbonyl (C=O) groups excluding carboxylic acids is 3. The molecule has 0 saturated heterocycles. The van der Waals surface area contributed by atoms with E-state index in [0.29, 0.717) is 6.54 Å². The van der Waals surface area contributed by atoms with E-state index in [2.05, 4.69) is 10.6 Å². The van der Waals surface area contributed by atoms with Gasteiger partial charge in [-0.1, -0.05) is 147 Å². The van der Waals surface area contributed by atoms with E-state index in [1.54, 1.807) is 4.90 Å². The van der Waals surface area contributed by atoms with E-state index >= 15 is 0 Å². The van der Waals surface area contributed by atoms with E-state index in [0.717, 1.165) is 33.0 Å². The minimum absolute atomic E-state index is 0.000951. The zero-order valence-electron chi connectivity index (χ0n) is 29.1. The minimum atomic E-state index is -0.982. The summed E-state index contributed by atoms with van der Waals surface area (Å²) in [5.41, 5.74) is 3.45. The number of hydrogen-bond acceptors (Lipinski definition) is 6. The Morgan fingerprint density at radius 3 is 1.75 bits per heavy atom. The summed E-state index contributed by atoms with van der Waals surface area (Å²) >= 11 is 0. The summed E-state index contributed by atoms with van der Waals surface area (Å²) in [6.45, 7) is 4.65. The predicted octanol–water partition coefficient (Wildman–Crippen LogP) is 7.63. The quantitative estimate of drug-likeness (QED) is 0.0817. The summed E-state index contributed by atoms with van der Waals surface area (Å²) in [5.74, 6) is -0.483. The SMILES string of the molecule is CC(C)CN(CC(NC(=O)OCc1ccccc1)OCc1ccccc1)C(=O)N[C@@H](Cc1ccc2ccccc2c1)C(=O)OCc1ccccc1. The van der Waals surface area contributed by atoms with Gasteiger partial charge in [0, 0.05) is 13.0 Å². The molecule has 0 bridgehead atoms. The fraction of sp³-hybridized carbons (Fsp3) is 0.262. The van der Waals surface area contributed by atoms with Gasteiger partial charge in [0.2, 0.25) is 0 Å². The van der Waals surface area contributed by atoms with Crippen molar-refractivity contribution in [2.45, 2.75) is 52.4 Å². The molecular formula is C42H45N3O6. The first-order chi connectivity index (χ1) is 24.8. The molecule has 2 atom stereocenters. The van der Waals surface area contributed by atoms with Crippen LogP contribution >= 0.6 is 0 Å². The number of carbonyl (C=O) groups is 3. The first kappa shape index (κ1) is 36.6. The highest BCUT2D eigenvalue weighted by atomic mass is 16.6. The van der Waals surface area contributed by atoms with Crippen LogP contribution in [0.3, 0.4) is 0 Å². The fourth-order valence-corrected chi connectivity index (χ4v) is 5.55. The summed E-state index contributed by atoms with van der Waals surface area (Å²) in [4.78, 5) is 42.2. The van der Waals surface area contributed by atoms with Gasteiger partial charge in [-0.05, 0) is 38.9 Å². The lowest BCUT2D eigenvalue weighted by Crippen LogP contribution is -2.54. The van der Waals surface area contributed by atoms with E-state index in [4.69, 9.17) is 14.2 Å². The van der Waals surface area contributed by atoms with Crippen LogP contribution < -0.4 is 10.6 Å². The van der Waals surface area contributed by atoms with Crippen molar-refractivity contribution in [2.24, 2.45) is 5.92 Å². The van der Waals surface area contributed by atoms with E-state index in [9.17, 15) is 14.4 Å². The average molecular weight is 688 g/mol. The van der Waals surface area contributed by atoms with Crippen molar-refractivity contribution in [1.29, 1.82) is 0 Å². The number of benzene rings is 5. The van der Waals surface area contributed by atoms with Crippen molar-refractivity contribution in [1.82, 2.24) is 15.5 Å². The highest BCUT2D eigenvalue weighted by Crippen LogP contribution is 2.18. The topological polar surface area (TPSA) is 106 Å². The molecule has 0 spiro atoms. The number of amides is 3. The zero-order valence-corrected chi connectivity index (χ0v) is 29.1. The maximum atomic E-state index is 14.1. The van der Waals surface area contributed by atoms with E-state index in [1.165, 1.54) is 0 Å². The molecule has 264 valence electrons. The van der Waals surface area contributed by atoms with Crippen LogP contribution in [0, 0.1) is 5.92 Å². The molecule has 9 nitrogen and oxygen atoms in total. The Hall–Kier alpha value is -5.67. The fourth-order valence-electron chi connectivity index (χ4n) is 5.55. The van der Waals surface area contributed by atoms with E-state index in [-0.39, 0.29) is 38.7 Å². The second-order valence-electron chi connectivity index (χ2n) is 12.8. The van der Waals surface area contributed by atoms with E-state index < -0.39 is 30.4 Å². The van der Waals surface area contributed by atoms with Crippen LogP contribution in [0.4, 0.5) is 9.59 Å². The molecule has 9 heteroatoms. The molecule has 0 fully saturated rings. The third-order valence-electron chi connectivity index (χ3n) is 8.10. The number of ether oxygens (including phenoxy) is 3. The molecule has 0 aliphatic heterocycles. The summed E-state index contributed by atoms with van der Waals surface area (Å²) in [6.07, 6.45) is -1.38. The van der Waals surface area contributed by atoms with Gasteiger partial charge in [0.25, 0.3) is 0 Å². The molecule has 5 aromatic rings. The molecule has 0 aliphatic carbocycles. The smallest absolute Gasteiger partial charge is 0.409 e. The lowest BCUT2D eigenvalue weighted by atomic mass is 10.0. The molecule has 51 heavy (non-hydrogen) atoms. The summed E-state index contributed by atoms with van der Waals surface area (Å²) in [5, 5.41) is 7.85. The van der Waals surface area contributed by atoms with Crippen LogP contribution in [0.1, 0.15) is 36.1 Å². The second kappa shape index (κ2) is 18.9. The molecule has 0 radical (unpaired) electrons. The Balaban J connectivity index is 1.32. The lowest BCUT2D eigenvalue weighted by molar-refractivity contribution is -0.147.